The van der Waals surface area contributed by atoms with Crippen LogP contribution in [-0.4, -0.2) is 23.4 Å². The monoisotopic (exact) mass is 364 g/mol. The number of hydrogen-bond acceptors (Lipinski definition) is 4. The number of primary amides is 1. The number of aryl methyl sites for hydroxylation is 1. The predicted octanol–water partition coefficient (Wildman–Crippen LogP) is 2.14. The molecule has 0 saturated carbocycles. The molecule has 7 nitrogen and oxygen atoms in total. The van der Waals surface area contributed by atoms with Gasteiger partial charge in [-0.05, 0) is 42.3 Å². The number of nitrogens with one attached hydrogen (secondary N) is 1. The summed E-state index contributed by atoms with van der Waals surface area (Å²) in [7, 11) is 0. The van der Waals surface area contributed by atoms with E-state index in [9.17, 15) is 14.4 Å². The summed E-state index contributed by atoms with van der Waals surface area (Å²) in [5.74, 6) is -0.917. The zero-order valence-electron chi connectivity index (χ0n) is 14.9. The van der Waals surface area contributed by atoms with Crippen molar-refractivity contribution in [3.63, 3.8) is 0 Å². The molecule has 3 rings (SSSR count). The van der Waals surface area contributed by atoms with Gasteiger partial charge in [0.15, 0.2) is 0 Å². The van der Waals surface area contributed by atoms with Gasteiger partial charge in [0.1, 0.15) is 5.71 Å². The second-order valence-corrected chi connectivity index (χ2v) is 6.39. The van der Waals surface area contributed by atoms with Crippen LogP contribution in [0, 0.1) is 6.92 Å². The summed E-state index contributed by atoms with van der Waals surface area (Å²) >= 11 is 0. The summed E-state index contributed by atoms with van der Waals surface area (Å²) < 4.78 is 0. The number of amides is 3. The van der Waals surface area contributed by atoms with Crippen LogP contribution in [0.1, 0.15) is 24.0 Å². The molecule has 0 unspecified atom stereocenters. The van der Waals surface area contributed by atoms with Crippen molar-refractivity contribution in [1.82, 2.24) is 0 Å². The minimum Gasteiger partial charge on any atom is -0.369 e. The number of carbonyl (C=O) groups is 3. The van der Waals surface area contributed by atoms with Gasteiger partial charge in [0, 0.05) is 18.5 Å². The van der Waals surface area contributed by atoms with E-state index in [0.29, 0.717) is 11.4 Å². The lowest BCUT2D eigenvalue weighted by molar-refractivity contribution is -0.119. The fourth-order valence-corrected chi connectivity index (χ4v) is 2.79. The molecule has 3 N–H and O–H groups in total. The first kappa shape index (κ1) is 18.3. The Balaban J connectivity index is 1.74. The number of rotatable bonds is 5. The van der Waals surface area contributed by atoms with Crippen molar-refractivity contribution >= 4 is 34.8 Å². The van der Waals surface area contributed by atoms with Gasteiger partial charge in [0.25, 0.3) is 5.91 Å². The molecule has 7 heteroatoms. The van der Waals surface area contributed by atoms with E-state index in [-0.39, 0.29) is 36.8 Å². The highest BCUT2D eigenvalue weighted by Crippen LogP contribution is 2.21. The van der Waals surface area contributed by atoms with Gasteiger partial charge in [-0.3, -0.25) is 14.4 Å². The van der Waals surface area contributed by atoms with Gasteiger partial charge < -0.3 is 11.1 Å². The molecule has 0 aromatic heterocycles. The van der Waals surface area contributed by atoms with Gasteiger partial charge in [0.2, 0.25) is 11.8 Å². The Morgan fingerprint density at radius 2 is 1.89 bits per heavy atom. The van der Waals surface area contributed by atoms with E-state index in [1.165, 1.54) is 5.01 Å². The van der Waals surface area contributed by atoms with Crippen molar-refractivity contribution in [2.45, 2.75) is 26.2 Å². The SMILES string of the molecule is Cc1cccc(N2N=C(C(=O)Nc3ccc(CC(N)=O)cc3)CCC2=O)c1. The maximum absolute atomic E-state index is 12.5. The summed E-state index contributed by atoms with van der Waals surface area (Å²) in [6.07, 6.45) is 0.652. The molecule has 0 fully saturated rings. The van der Waals surface area contributed by atoms with Gasteiger partial charge in [-0.25, -0.2) is 5.01 Å². The molecule has 0 atom stereocenters. The van der Waals surface area contributed by atoms with Crippen molar-refractivity contribution in [2.75, 3.05) is 10.3 Å². The summed E-state index contributed by atoms with van der Waals surface area (Å²) in [6.45, 7) is 1.93. The van der Waals surface area contributed by atoms with E-state index in [1.54, 1.807) is 30.3 Å². The number of hydrazone groups is 1. The van der Waals surface area contributed by atoms with E-state index >= 15 is 0 Å². The molecule has 0 radical (unpaired) electrons. The highest BCUT2D eigenvalue weighted by atomic mass is 16.2. The number of nitrogens with two attached hydrogens (primary N) is 1. The maximum atomic E-state index is 12.5. The molecular formula is C20H20N4O3. The average molecular weight is 364 g/mol. The fourth-order valence-electron chi connectivity index (χ4n) is 2.79. The molecule has 2 aromatic carbocycles. The zero-order valence-corrected chi connectivity index (χ0v) is 14.9. The third-order valence-electron chi connectivity index (χ3n) is 4.13. The van der Waals surface area contributed by atoms with Crippen molar-refractivity contribution in [2.24, 2.45) is 10.8 Å². The second-order valence-electron chi connectivity index (χ2n) is 6.39. The van der Waals surface area contributed by atoms with Crippen LogP contribution in [0.15, 0.2) is 53.6 Å². The van der Waals surface area contributed by atoms with E-state index in [0.717, 1.165) is 11.1 Å². The van der Waals surface area contributed by atoms with Crippen molar-refractivity contribution in [1.29, 1.82) is 0 Å². The molecule has 0 bridgehead atoms. The van der Waals surface area contributed by atoms with Gasteiger partial charge in [-0.15, -0.1) is 0 Å². The lowest BCUT2D eigenvalue weighted by Gasteiger charge is -2.23. The third-order valence-corrected chi connectivity index (χ3v) is 4.13. The van der Waals surface area contributed by atoms with E-state index in [1.807, 2.05) is 25.1 Å². The Hall–Kier alpha value is -3.48. The van der Waals surface area contributed by atoms with Crippen LogP contribution in [0.4, 0.5) is 11.4 Å². The molecule has 1 heterocycles. The number of carbonyl (C=O) groups excluding carboxylic acids is 3. The molecule has 27 heavy (non-hydrogen) atoms. The lowest BCUT2D eigenvalue weighted by atomic mass is 10.1. The Morgan fingerprint density at radius 1 is 1.15 bits per heavy atom. The third kappa shape index (κ3) is 4.58. The summed E-state index contributed by atoms with van der Waals surface area (Å²) in [5.41, 5.74) is 8.45. The smallest absolute Gasteiger partial charge is 0.271 e. The molecule has 2 aromatic rings. The normalized spacial score (nSPS) is 13.9. The molecule has 0 spiro atoms. The van der Waals surface area contributed by atoms with Gasteiger partial charge >= 0.3 is 0 Å². The first-order valence-corrected chi connectivity index (χ1v) is 8.58. The van der Waals surface area contributed by atoms with Gasteiger partial charge in [0.05, 0.1) is 12.1 Å². The topological polar surface area (TPSA) is 105 Å². The van der Waals surface area contributed by atoms with Crippen LogP contribution >= 0.6 is 0 Å². The predicted molar refractivity (Wildman–Crippen MR) is 103 cm³/mol. The molecule has 0 saturated heterocycles. The molecule has 1 aliphatic heterocycles. The quantitative estimate of drug-likeness (QED) is 0.849. The Bertz CT molecular complexity index is 919. The molecule has 0 aliphatic carbocycles. The fraction of sp³-hybridized carbons (Fsp3) is 0.200. The number of anilines is 2. The highest BCUT2D eigenvalue weighted by Gasteiger charge is 2.25. The minimum atomic E-state index is -0.413. The summed E-state index contributed by atoms with van der Waals surface area (Å²) in [6, 6.07) is 14.3. The standard InChI is InChI=1S/C20H20N4O3/c1-13-3-2-4-16(11-13)24-19(26)10-9-17(23-24)20(27)22-15-7-5-14(6-8-15)12-18(21)25/h2-8,11H,9-10,12H2,1H3,(H2,21,25)(H,22,27). The van der Waals surface area contributed by atoms with Crippen molar-refractivity contribution < 1.29 is 14.4 Å². The van der Waals surface area contributed by atoms with Gasteiger partial charge in [-0.2, -0.15) is 5.10 Å². The number of benzene rings is 2. The first-order valence-electron chi connectivity index (χ1n) is 8.58. The molecule has 3 amide bonds. The van der Waals surface area contributed by atoms with Crippen LogP contribution in [0.3, 0.4) is 0 Å². The van der Waals surface area contributed by atoms with E-state index in [4.69, 9.17) is 5.73 Å². The first-order chi connectivity index (χ1) is 12.9. The lowest BCUT2D eigenvalue weighted by Crippen LogP contribution is -2.36. The maximum Gasteiger partial charge on any atom is 0.271 e. The number of hydrogen-bond donors (Lipinski definition) is 2. The second kappa shape index (κ2) is 7.82. The summed E-state index contributed by atoms with van der Waals surface area (Å²) in [5, 5.41) is 8.30. The van der Waals surface area contributed by atoms with Crippen molar-refractivity contribution in [3.05, 3.63) is 59.7 Å². The molecular weight excluding hydrogens is 344 g/mol. The van der Waals surface area contributed by atoms with Gasteiger partial charge in [-0.1, -0.05) is 24.3 Å². The Kier molecular flexibility index (Phi) is 5.30. The number of nitrogens with zero attached hydrogens (tertiary/aromatic N) is 2. The Morgan fingerprint density at radius 3 is 2.56 bits per heavy atom. The van der Waals surface area contributed by atoms with Crippen LogP contribution in [0.5, 0.6) is 0 Å². The average Bonchev–Trinajstić information content (AvgIpc) is 2.63. The minimum absolute atomic E-state index is 0.145. The highest BCUT2D eigenvalue weighted by molar-refractivity contribution is 6.44. The van der Waals surface area contributed by atoms with Crippen molar-refractivity contribution in [3.8, 4) is 0 Å². The van der Waals surface area contributed by atoms with Crippen LogP contribution in [-0.2, 0) is 20.8 Å². The molecule has 1 aliphatic rings. The van der Waals surface area contributed by atoms with E-state index < -0.39 is 5.91 Å². The molecule has 138 valence electrons. The van der Waals surface area contributed by atoms with Crippen LogP contribution in [0.2, 0.25) is 0 Å². The summed E-state index contributed by atoms with van der Waals surface area (Å²) in [4.78, 5) is 35.7. The van der Waals surface area contributed by atoms with Crippen LogP contribution in [0.25, 0.3) is 0 Å². The Labute approximate surface area is 156 Å². The zero-order chi connectivity index (χ0) is 19.4. The van der Waals surface area contributed by atoms with E-state index in [2.05, 4.69) is 10.4 Å². The largest absolute Gasteiger partial charge is 0.369 e. The van der Waals surface area contributed by atoms with Crippen LogP contribution < -0.4 is 16.1 Å².